The largest absolute Gasteiger partial charge is 0.326 e. The van der Waals surface area contributed by atoms with Gasteiger partial charge < -0.3 is 5.32 Å². The van der Waals surface area contributed by atoms with Crippen molar-refractivity contribution in [3.05, 3.63) is 29.1 Å². The van der Waals surface area contributed by atoms with Crippen LogP contribution in [0.2, 0.25) is 0 Å². The Bertz CT molecular complexity index is 417. The Hall–Kier alpha value is -0.900. The molecule has 1 aliphatic rings. The van der Waals surface area contributed by atoms with E-state index in [2.05, 4.69) is 21.2 Å². The third-order valence-corrected chi connectivity index (χ3v) is 3.04. The Morgan fingerprint density at radius 1 is 1.47 bits per heavy atom. The van der Waals surface area contributed by atoms with E-state index in [1.165, 1.54) is 6.07 Å². The highest BCUT2D eigenvalue weighted by Crippen LogP contribution is 2.31. The predicted octanol–water partition coefficient (Wildman–Crippen LogP) is 3.17. The number of hydrogen-bond acceptors (Lipinski definition) is 1. The molecule has 1 N–H and O–H groups in total. The third-order valence-electron chi connectivity index (χ3n) is 2.55. The van der Waals surface area contributed by atoms with E-state index in [0.717, 1.165) is 5.56 Å². The van der Waals surface area contributed by atoms with Crippen LogP contribution in [0.25, 0.3) is 0 Å². The second-order valence-electron chi connectivity index (χ2n) is 3.70. The minimum Gasteiger partial charge on any atom is -0.326 e. The number of fused-ring (bicyclic) bond motifs is 1. The number of halogens is 2. The summed E-state index contributed by atoms with van der Waals surface area (Å²) in [6.45, 7) is 1.88. The normalized spacial score (nSPS) is 16.9. The van der Waals surface area contributed by atoms with Gasteiger partial charge in [0, 0.05) is 22.5 Å². The van der Waals surface area contributed by atoms with Gasteiger partial charge in [0.15, 0.2) is 0 Å². The van der Waals surface area contributed by atoms with E-state index < -0.39 is 0 Å². The van der Waals surface area contributed by atoms with E-state index in [4.69, 9.17) is 0 Å². The summed E-state index contributed by atoms with van der Waals surface area (Å²) < 4.78 is 13.6. The number of anilines is 1. The molecule has 4 heteroatoms. The van der Waals surface area contributed by atoms with Gasteiger partial charge in [-0.3, -0.25) is 4.79 Å². The van der Waals surface area contributed by atoms with Gasteiger partial charge in [-0.1, -0.05) is 15.9 Å². The monoisotopic (exact) mass is 271 g/mol. The average molecular weight is 272 g/mol. The number of rotatable bonds is 1. The lowest BCUT2D eigenvalue weighted by Gasteiger charge is -2.18. The molecule has 1 aromatic carbocycles. The standard InChI is InChI=1S/C11H11BrFNO/c1-6(12)8-4-7-2-3-11(15)14-10(7)5-9(8)13/h4-6H,2-3H2,1H3,(H,14,15). The second kappa shape index (κ2) is 3.93. The van der Waals surface area contributed by atoms with E-state index in [-0.39, 0.29) is 16.6 Å². The fraction of sp³-hybridized carbons (Fsp3) is 0.364. The van der Waals surface area contributed by atoms with Gasteiger partial charge in [0.1, 0.15) is 5.82 Å². The van der Waals surface area contributed by atoms with Gasteiger partial charge in [-0.15, -0.1) is 0 Å². The number of amides is 1. The van der Waals surface area contributed by atoms with Crippen LogP contribution in [0.5, 0.6) is 0 Å². The molecule has 0 saturated heterocycles. The van der Waals surface area contributed by atoms with Crippen LogP contribution in [-0.2, 0) is 11.2 Å². The number of carbonyl (C=O) groups is 1. The molecule has 0 fully saturated rings. The molecular formula is C11H11BrFNO. The molecule has 1 aromatic rings. The summed E-state index contributed by atoms with van der Waals surface area (Å²) in [5, 5.41) is 2.67. The Kier molecular flexibility index (Phi) is 2.78. The summed E-state index contributed by atoms with van der Waals surface area (Å²) in [6, 6.07) is 3.23. The first kappa shape index (κ1) is 10.6. The van der Waals surface area contributed by atoms with Gasteiger partial charge in [-0.2, -0.15) is 0 Å². The minimum atomic E-state index is -0.277. The van der Waals surface area contributed by atoms with E-state index in [1.807, 2.05) is 13.0 Å². The van der Waals surface area contributed by atoms with Crippen molar-refractivity contribution in [2.75, 3.05) is 5.32 Å². The number of alkyl halides is 1. The van der Waals surface area contributed by atoms with Gasteiger partial charge in [0.2, 0.25) is 5.91 Å². The highest BCUT2D eigenvalue weighted by atomic mass is 79.9. The first-order valence-electron chi connectivity index (χ1n) is 4.84. The Balaban J connectivity index is 2.46. The van der Waals surface area contributed by atoms with Gasteiger partial charge >= 0.3 is 0 Å². The van der Waals surface area contributed by atoms with Crippen LogP contribution in [0, 0.1) is 5.82 Å². The van der Waals surface area contributed by atoms with Crippen molar-refractivity contribution < 1.29 is 9.18 Å². The molecule has 1 aliphatic heterocycles. The van der Waals surface area contributed by atoms with Crippen molar-refractivity contribution in [1.29, 1.82) is 0 Å². The zero-order chi connectivity index (χ0) is 11.0. The Morgan fingerprint density at radius 3 is 2.87 bits per heavy atom. The summed E-state index contributed by atoms with van der Waals surface area (Å²) in [7, 11) is 0. The molecular weight excluding hydrogens is 261 g/mol. The molecule has 2 rings (SSSR count). The van der Waals surface area contributed by atoms with Crippen LogP contribution < -0.4 is 5.32 Å². The summed E-state index contributed by atoms with van der Waals surface area (Å²) in [4.78, 5) is 11.1. The highest BCUT2D eigenvalue weighted by Gasteiger charge is 2.18. The van der Waals surface area contributed by atoms with Gasteiger partial charge in [0.05, 0.1) is 0 Å². The topological polar surface area (TPSA) is 29.1 Å². The molecule has 0 spiro atoms. The molecule has 1 amide bonds. The summed E-state index contributed by atoms with van der Waals surface area (Å²) in [6.07, 6.45) is 1.17. The number of hydrogen-bond donors (Lipinski definition) is 1. The number of benzene rings is 1. The van der Waals surface area contributed by atoms with E-state index in [1.54, 1.807) is 0 Å². The molecule has 0 saturated carbocycles. The zero-order valence-corrected chi connectivity index (χ0v) is 9.90. The molecule has 0 radical (unpaired) electrons. The van der Waals surface area contributed by atoms with E-state index in [9.17, 15) is 9.18 Å². The first-order valence-corrected chi connectivity index (χ1v) is 5.75. The third kappa shape index (κ3) is 2.04. The maximum absolute atomic E-state index is 13.6. The van der Waals surface area contributed by atoms with Crippen LogP contribution in [-0.4, -0.2) is 5.91 Å². The first-order chi connectivity index (χ1) is 7.08. The summed E-state index contributed by atoms with van der Waals surface area (Å²) in [5.41, 5.74) is 2.27. The molecule has 1 heterocycles. The number of aryl methyl sites for hydroxylation is 1. The fourth-order valence-electron chi connectivity index (χ4n) is 1.73. The molecule has 0 aliphatic carbocycles. The molecule has 2 nitrogen and oxygen atoms in total. The van der Waals surface area contributed by atoms with Crippen molar-refractivity contribution in [3.8, 4) is 0 Å². The molecule has 0 bridgehead atoms. The van der Waals surface area contributed by atoms with Crippen LogP contribution in [0.15, 0.2) is 12.1 Å². The number of nitrogens with one attached hydrogen (secondary N) is 1. The second-order valence-corrected chi connectivity index (χ2v) is 5.07. The van der Waals surface area contributed by atoms with Crippen molar-refractivity contribution >= 4 is 27.5 Å². The summed E-state index contributed by atoms with van der Waals surface area (Å²) in [5.74, 6) is -0.318. The van der Waals surface area contributed by atoms with Gasteiger partial charge in [-0.05, 0) is 31.0 Å². The highest BCUT2D eigenvalue weighted by molar-refractivity contribution is 9.09. The van der Waals surface area contributed by atoms with Crippen molar-refractivity contribution in [2.45, 2.75) is 24.6 Å². The SMILES string of the molecule is CC(Br)c1cc2c(cc1F)NC(=O)CC2. The smallest absolute Gasteiger partial charge is 0.224 e. The van der Waals surface area contributed by atoms with Crippen LogP contribution in [0.3, 0.4) is 0 Å². The molecule has 15 heavy (non-hydrogen) atoms. The zero-order valence-electron chi connectivity index (χ0n) is 8.31. The Morgan fingerprint density at radius 2 is 2.20 bits per heavy atom. The maximum Gasteiger partial charge on any atom is 0.224 e. The van der Waals surface area contributed by atoms with Crippen LogP contribution in [0.4, 0.5) is 10.1 Å². The van der Waals surface area contributed by atoms with E-state index >= 15 is 0 Å². The molecule has 1 atom stereocenters. The van der Waals surface area contributed by atoms with Gasteiger partial charge in [0.25, 0.3) is 0 Å². The average Bonchev–Trinajstić information content (AvgIpc) is 2.15. The summed E-state index contributed by atoms with van der Waals surface area (Å²) >= 11 is 3.35. The molecule has 0 aromatic heterocycles. The van der Waals surface area contributed by atoms with Crippen LogP contribution >= 0.6 is 15.9 Å². The maximum atomic E-state index is 13.6. The lowest BCUT2D eigenvalue weighted by atomic mass is 9.99. The lowest BCUT2D eigenvalue weighted by molar-refractivity contribution is -0.116. The van der Waals surface area contributed by atoms with Crippen molar-refractivity contribution in [3.63, 3.8) is 0 Å². The quantitative estimate of drug-likeness (QED) is 0.782. The number of carbonyl (C=O) groups excluding carboxylic acids is 1. The minimum absolute atomic E-state index is 0.0135. The fourth-order valence-corrected chi connectivity index (χ4v) is 2.08. The van der Waals surface area contributed by atoms with Crippen molar-refractivity contribution in [1.82, 2.24) is 0 Å². The lowest BCUT2D eigenvalue weighted by Crippen LogP contribution is -2.19. The molecule has 1 unspecified atom stereocenters. The Labute approximate surface area is 96.0 Å². The van der Waals surface area contributed by atoms with Crippen molar-refractivity contribution in [2.24, 2.45) is 0 Å². The van der Waals surface area contributed by atoms with Crippen LogP contribution in [0.1, 0.15) is 29.3 Å². The molecule has 80 valence electrons. The van der Waals surface area contributed by atoms with E-state index in [0.29, 0.717) is 24.1 Å². The predicted molar refractivity (Wildman–Crippen MR) is 60.7 cm³/mol. The van der Waals surface area contributed by atoms with Gasteiger partial charge in [-0.25, -0.2) is 4.39 Å².